The molecule has 25 heavy (non-hydrogen) atoms. The zero-order chi connectivity index (χ0) is 19.0. The summed E-state index contributed by atoms with van der Waals surface area (Å²) in [5.41, 5.74) is 2.66. The third-order valence-electron chi connectivity index (χ3n) is 3.00. The van der Waals surface area contributed by atoms with Gasteiger partial charge in [0, 0.05) is 24.4 Å². The Kier molecular flexibility index (Phi) is 7.01. The van der Waals surface area contributed by atoms with E-state index in [2.05, 4.69) is 5.32 Å². The van der Waals surface area contributed by atoms with E-state index < -0.39 is 16.9 Å². The highest BCUT2D eigenvalue weighted by molar-refractivity contribution is 6.27. The van der Waals surface area contributed by atoms with Crippen LogP contribution in [-0.2, 0) is 16.1 Å². The Labute approximate surface area is 141 Å². The van der Waals surface area contributed by atoms with E-state index in [1.807, 2.05) is 6.92 Å². The van der Waals surface area contributed by atoms with Crippen molar-refractivity contribution in [2.45, 2.75) is 13.5 Å². The van der Waals surface area contributed by atoms with Crippen LogP contribution in [0.15, 0.2) is 42.5 Å². The van der Waals surface area contributed by atoms with Gasteiger partial charge in [-0.2, -0.15) is 0 Å². The highest BCUT2D eigenvalue weighted by Crippen LogP contribution is 2.18. The first kappa shape index (κ1) is 19.6. The van der Waals surface area contributed by atoms with Crippen molar-refractivity contribution in [2.75, 3.05) is 5.32 Å². The average molecular weight is 350 g/mol. The average Bonchev–Trinajstić information content (AvgIpc) is 2.55. The van der Waals surface area contributed by atoms with Crippen molar-refractivity contribution in [3.8, 4) is 0 Å². The highest BCUT2D eigenvalue weighted by Gasteiger charge is 2.05. The molecular weight excluding hydrogens is 335 g/mol. The van der Waals surface area contributed by atoms with Crippen LogP contribution >= 0.6 is 0 Å². The Hall–Kier alpha value is -3.49. The lowest BCUT2D eigenvalue weighted by Crippen LogP contribution is -2.09. The summed E-state index contributed by atoms with van der Waals surface area (Å²) in [7, 11) is 0. The third kappa shape index (κ3) is 6.65. The van der Waals surface area contributed by atoms with Crippen molar-refractivity contribution < 1.29 is 29.1 Å². The zero-order valence-corrected chi connectivity index (χ0v) is 13.1. The largest absolute Gasteiger partial charge is 0.473 e. The Balaban J connectivity index is 0.000000450. The number of halogens is 1. The number of nitrogens with zero attached hydrogens (tertiary/aromatic N) is 1. The van der Waals surface area contributed by atoms with Gasteiger partial charge in [0.2, 0.25) is 0 Å². The van der Waals surface area contributed by atoms with Gasteiger partial charge in [0.25, 0.3) is 5.69 Å². The number of carboxylic acid groups (broad SMARTS) is 2. The van der Waals surface area contributed by atoms with Gasteiger partial charge in [-0.15, -0.1) is 0 Å². The molecule has 0 amide bonds. The number of aryl methyl sites for hydroxylation is 1. The number of non-ortho nitro benzene ring substituents is 1. The van der Waals surface area contributed by atoms with Gasteiger partial charge in [-0.1, -0.05) is 12.1 Å². The molecule has 8 nitrogen and oxygen atoms in total. The van der Waals surface area contributed by atoms with E-state index in [-0.39, 0.29) is 11.5 Å². The summed E-state index contributed by atoms with van der Waals surface area (Å²) in [6.45, 7) is 2.35. The first-order valence-corrected chi connectivity index (χ1v) is 6.90. The maximum atomic E-state index is 12.9. The molecule has 0 aliphatic heterocycles. The van der Waals surface area contributed by atoms with Gasteiger partial charge in [-0.3, -0.25) is 10.1 Å². The highest BCUT2D eigenvalue weighted by atomic mass is 19.1. The van der Waals surface area contributed by atoms with Gasteiger partial charge in [-0.25, -0.2) is 14.0 Å². The summed E-state index contributed by atoms with van der Waals surface area (Å²) in [5, 5.41) is 28.5. The maximum absolute atomic E-state index is 12.9. The van der Waals surface area contributed by atoms with E-state index in [0.717, 1.165) is 16.8 Å². The number of rotatable bonds is 4. The normalized spacial score (nSPS) is 9.52. The van der Waals surface area contributed by atoms with Crippen molar-refractivity contribution in [1.29, 1.82) is 0 Å². The first-order chi connectivity index (χ1) is 11.7. The van der Waals surface area contributed by atoms with E-state index in [9.17, 15) is 14.5 Å². The molecule has 0 unspecified atom stereocenters. The molecule has 0 atom stereocenters. The van der Waals surface area contributed by atoms with Crippen molar-refractivity contribution in [3.63, 3.8) is 0 Å². The molecule has 0 aliphatic rings. The fraction of sp³-hybridized carbons (Fsp3) is 0.125. The topological polar surface area (TPSA) is 130 Å². The number of nitrogens with one attached hydrogen (secondary N) is 1. The smallest absolute Gasteiger partial charge is 0.414 e. The molecule has 0 bridgehead atoms. The van der Waals surface area contributed by atoms with E-state index in [0.29, 0.717) is 6.54 Å². The third-order valence-corrected chi connectivity index (χ3v) is 3.00. The molecule has 2 rings (SSSR count). The molecule has 0 aliphatic carbocycles. The van der Waals surface area contributed by atoms with Crippen LogP contribution in [0.5, 0.6) is 0 Å². The molecule has 0 fully saturated rings. The number of benzene rings is 2. The molecule has 0 saturated heterocycles. The Bertz CT molecular complexity index is 765. The summed E-state index contributed by atoms with van der Waals surface area (Å²) in [6.07, 6.45) is 0. The van der Waals surface area contributed by atoms with Crippen LogP contribution in [0.4, 0.5) is 15.8 Å². The van der Waals surface area contributed by atoms with Crippen molar-refractivity contribution in [2.24, 2.45) is 0 Å². The Morgan fingerprint density at radius 1 is 1.12 bits per heavy atom. The van der Waals surface area contributed by atoms with Gasteiger partial charge < -0.3 is 15.5 Å². The number of hydrogen-bond acceptors (Lipinski definition) is 5. The second-order valence-corrected chi connectivity index (χ2v) is 4.85. The minimum absolute atomic E-state index is 0.0710. The van der Waals surface area contributed by atoms with Crippen LogP contribution in [0.2, 0.25) is 0 Å². The lowest BCUT2D eigenvalue weighted by Gasteiger charge is -2.09. The molecule has 0 spiro atoms. The molecular formula is C16H15FN2O6. The van der Waals surface area contributed by atoms with Crippen LogP contribution in [0.25, 0.3) is 0 Å². The number of anilines is 1. The second-order valence-electron chi connectivity index (χ2n) is 4.85. The monoisotopic (exact) mass is 350 g/mol. The summed E-state index contributed by atoms with van der Waals surface area (Å²) in [4.78, 5) is 28.3. The molecule has 0 saturated carbocycles. The summed E-state index contributed by atoms with van der Waals surface area (Å²) >= 11 is 0. The lowest BCUT2D eigenvalue weighted by molar-refractivity contribution is -0.384. The van der Waals surface area contributed by atoms with Gasteiger partial charge in [0.05, 0.1) is 4.92 Å². The van der Waals surface area contributed by atoms with Crippen molar-refractivity contribution in [3.05, 3.63) is 69.5 Å². The number of hydrogen-bond donors (Lipinski definition) is 3. The van der Waals surface area contributed by atoms with Gasteiger partial charge >= 0.3 is 11.9 Å². The van der Waals surface area contributed by atoms with E-state index >= 15 is 0 Å². The van der Waals surface area contributed by atoms with E-state index in [1.54, 1.807) is 18.2 Å². The predicted molar refractivity (Wildman–Crippen MR) is 86.8 cm³/mol. The number of carbonyl (C=O) groups is 2. The summed E-state index contributed by atoms with van der Waals surface area (Å²) in [6, 6.07) is 10.9. The molecule has 0 heterocycles. The maximum Gasteiger partial charge on any atom is 0.414 e. The minimum Gasteiger partial charge on any atom is -0.473 e. The quantitative estimate of drug-likeness (QED) is 0.439. The van der Waals surface area contributed by atoms with Crippen LogP contribution in [0.3, 0.4) is 0 Å². The number of nitro groups is 1. The minimum atomic E-state index is -1.82. The van der Waals surface area contributed by atoms with Crippen LogP contribution < -0.4 is 5.32 Å². The molecule has 2 aromatic carbocycles. The number of nitro benzene ring substituents is 1. The SMILES string of the molecule is Cc1cc(F)ccc1NCc1ccc([N+](=O)[O-])cc1.O=C(O)C(=O)O. The van der Waals surface area contributed by atoms with Crippen LogP contribution in [0.1, 0.15) is 11.1 Å². The summed E-state index contributed by atoms with van der Waals surface area (Å²) in [5.74, 6) is -3.91. The predicted octanol–water partition coefficient (Wildman–Crippen LogP) is 2.81. The molecule has 0 radical (unpaired) electrons. The molecule has 0 aromatic heterocycles. The zero-order valence-electron chi connectivity index (χ0n) is 13.1. The Morgan fingerprint density at radius 3 is 2.12 bits per heavy atom. The lowest BCUT2D eigenvalue weighted by atomic mass is 10.1. The van der Waals surface area contributed by atoms with E-state index in [1.165, 1.54) is 24.3 Å². The molecule has 132 valence electrons. The van der Waals surface area contributed by atoms with Crippen molar-refractivity contribution >= 4 is 23.3 Å². The van der Waals surface area contributed by atoms with Crippen LogP contribution in [-0.4, -0.2) is 27.1 Å². The van der Waals surface area contributed by atoms with Crippen LogP contribution in [0, 0.1) is 22.9 Å². The number of carboxylic acids is 2. The van der Waals surface area contributed by atoms with Gasteiger partial charge in [0.15, 0.2) is 0 Å². The fourth-order valence-electron chi connectivity index (χ4n) is 1.76. The van der Waals surface area contributed by atoms with Gasteiger partial charge in [0.1, 0.15) is 5.82 Å². The first-order valence-electron chi connectivity index (χ1n) is 6.90. The fourth-order valence-corrected chi connectivity index (χ4v) is 1.76. The van der Waals surface area contributed by atoms with Crippen molar-refractivity contribution in [1.82, 2.24) is 0 Å². The summed E-state index contributed by atoms with van der Waals surface area (Å²) < 4.78 is 12.9. The molecule has 2 aromatic rings. The standard InChI is InChI=1S/C14H13FN2O2.C2H2O4/c1-10-8-12(15)4-7-14(10)16-9-11-2-5-13(6-3-11)17(18)19;3-1(4)2(5)6/h2-8,16H,9H2,1H3;(H,3,4)(H,5,6). The second kappa shape index (κ2) is 8.96. The van der Waals surface area contributed by atoms with E-state index in [4.69, 9.17) is 19.8 Å². The Morgan fingerprint density at radius 2 is 1.68 bits per heavy atom. The molecule has 3 N–H and O–H groups in total. The van der Waals surface area contributed by atoms with Gasteiger partial charge in [-0.05, 0) is 36.2 Å². The molecule has 9 heteroatoms. The number of aliphatic carboxylic acids is 2.